The standard InChI is InChI=1S/C9H7NOS/c11-5-7-2-1-3-8-9(4-7)12-6-10-8/h1-2,4-6H,3H2. The van der Waals surface area contributed by atoms with Gasteiger partial charge in [0.15, 0.2) is 0 Å². The molecule has 1 aromatic rings. The monoisotopic (exact) mass is 177 g/mol. The van der Waals surface area contributed by atoms with Gasteiger partial charge in [0.1, 0.15) is 6.29 Å². The van der Waals surface area contributed by atoms with Crippen molar-refractivity contribution in [3.63, 3.8) is 0 Å². The van der Waals surface area contributed by atoms with E-state index in [1.807, 2.05) is 23.7 Å². The van der Waals surface area contributed by atoms with Crippen molar-refractivity contribution in [3.8, 4) is 0 Å². The summed E-state index contributed by atoms with van der Waals surface area (Å²) in [6.45, 7) is 0. The average molecular weight is 177 g/mol. The zero-order valence-electron chi connectivity index (χ0n) is 6.36. The van der Waals surface area contributed by atoms with Crippen molar-refractivity contribution in [2.24, 2.45) is 0 Å². The minimum Gasteiger partial charge on any atom is -0.298 e. The van der Waals surface area contributed by atoms with E-state index in [0.717, 1.165) is 28.9 Å². The molecule has 0 atom stereocenters. The van der Waals surface area contributed by atoms with Crippen LogP contribution in [0.5, 0.6) is 0 Å². The molecule has 1 heterocycles. The summed E-state index contributed by atoms with van der Waals surface area (Å²) < 4.78 is 0. The molecule has 0 fully saturated rings. The van der Waals surface area contributed by atoms with Gasteiger partial charge in [-0.3, -0.25) is 4.79 Å². The van der Waals surface area contributed by atoms with Gasteiger partial charge in [0.25, 0.3) is 0 Å². The number of hydrogen-bond acceptors (Lipinski definition) is 3. The summed E-state index contributed by atoms with van der Waals surface area (Å²) in [6.07, 6.45) is 7.37. The van der Waals surface area contributed by atoms with Crippen molar-refractivity contribution < 1.29 is 4.79 Å². The maximum atomic E-state index is 10.5. The highest BCUT2D eigenvalue weighted by molar-refractivity contribution is 7.10. The molecule has 0 saturated heterocycles. The number of thiazole rings is 1. The lowest BCUT2D eigenvalue weighted by Crippen LogP contribution is -1.80. The van der Waals surface area contributed by atoms with Crippen molar-refractivity contribution in [2.75, 3.05) is 0 Å². The van der Waals surface area contributed by atoms with E-state index < -0.39 is 0 Å². The molecule has 0 amide bonds. The van der Waals surface area contributed by atoms with E-state index in [1.54, 1.807) is 11.3 Å². The Kier molecular flexibility index (Phi) is 1.87. The molecule has 2 nitrogen and oxygen atoms in total. The topological polar surface area (TPSA) is 30.0 Å². The molecule has 0 unspecified atom stereocenters. The molecule has 0 N–H and O–H groups in total. The van der Waals surface area contributed by atoms with Gasteiger partial charge in [-0.2, -0.15) is 0 Å². The molecule has 2 rings (SSSR count). The SMILES string of the molecule is O=CC1=Cc2scnc2CC=C1. The fourth-order valence-electron chi connectivity index (χ4n) is 1.13. The molecular formula is C9H7NOS. The van der Waals surface area contributed by atoms with Crippen LogP contribution in [0, 0.1) is 0 Å². The van der Waals surface area contributed by atoms with E-state index in [4.69, 9.17) is 0 Å². The average Bonchev–Trinajstić information content (AvgIpc) is 2.43. The second kappa shape index (κ2) is 3.03. The Morgan fingerprint density at radius 1 is 1.58 bits per heavy atom. The lowest BCUT2D eigenvalue weighted by Gasteiger charge is -1.88. The zero-order chi connectivity index (χ0) is 8.39. The summed E-state index contributed by atoms with van der Waals surface area (Å²) >= 11 is 1.57. The lowest BCUT2D eigenvalue weighted by atomic mass is 10.2. The van der Waals surface area contributed by atoms with Gasteiger partial charge in [0.05, 0.1) is 16.1 Å². The summed E-state index contributed by atoms with van der Waals surface area (Å²) in [5.41, 5.74) is 3.59. The van der Waals surface area contributed by atoms with Crippen LogP contribution >= 0.6 is 11.3 Å². The largest absolute Gasteiger partial charge is 0.298 e. The van der Waals surface area contributed by atoms with Crippen LogP contribution in [0.4, 0.5) is 0 Å². The Morgan fingerprint density at radius 3 is 3.33 bits per heavy atom. The molecule has 1 aliphatic carbocycles. The smallest absolute Gasteiger partial charge is 0.150 e. The predicted molar refractivity (Wildman–Crippen MR) is 49.0 cm³/mol. The first-order valence-corrected chi connectivity index (χ1v) is 4.54. The molecule has 3 heteroatoms. The number of rotatable bonds is 1. The summed E-state index contributed by atoms with van der Waals surface area (Å²) in [5, 5.41) is 0. The Labute approximate surface area is 74.3 Å². The summed E-state index contributed by atoms with van der Waals surface area (Å²) in [5.74, 6) is 0. The quantitative estimate of drug-likeness (QED) is 0.613. The molecule has 0 aromatic carbocycles. The van der Waals surface area contributed by atoms with Gasteiger partial charge in [-0.1, -0.05) is 12.2 Å². The molecule has 1 aromatic heterocycles. The van der Waals surface area contributed by atoms with Crippen LogP contribution in [0.1, 0.15) is 10.6 Å². The Morgan fingerprint density at radius 2 is 2.50 bits per heavy atom. The van der Waals surface area contributed by atoms with Crippen molar-refractivity contribution in [2.45, 2.75) is 6.42 Å². The second-order valence-corrected chi connectivity index (χ2v) is 3.42. The highest BCUT2D eigenvalue weighted by atomic mass is 32.1. The number of aromatic nitrogens is 1. The first-order valence-electron chi connectivity index (χ1n) is 3.66. The van der Waals surface area contributed by atoms with Crippen LogP contribution < -0.4 is 0 Å². The number of nitrogens with zero attached hydrogens (tertiary/aromatic N) is 1. The Hall–Kier alpha value is -1.22. The van der Waals surface area contributed by atoms with Crippen LogP contribution in [0.15, 0.2) is 23.2 Å². The minimum absolute atomic E-state index is 0.720. The highest BCUT2D eigenvalue weighted by Crippen LogP contribution is 2.20. The highest BCUT2D eigenvalue weighted by Gasteiger charge is 2.05. The van der Waals surface area contributed by atoms with E-state index >= 15 is 0 Å². The van der Waals surface area contributed by atoms with Gasteiger partial charge in [-0.05, 0) is 6.08 Å². The number of fused-ring (bicyclic) bond motifs is 1. The third-order valence-corrected chi connectivity index (χ3v) is 2.55. The van der Waals surface area contributed by atoms with Crippen LogP contribution in [0.2, 0.25) is 0 Å². The number of hydrogen-bond donors (Lipinski definition) is 0. The van der Waals surface area contributed by atoms with Gasteiger partial charge in [0, 0.05) is 12.0 Å². The van der Waals surface area contributed by atoms with Crippen LogP contribution in [-0.4, -0.2) is 11.3 Å². The first-order chi connectivity index (χ1) is 5.90. The maximum Gasteiger partial charge on any atom is 0.150 e. The molecule has 0 radical (unpaired) electrons. The van der Waals surface area contributed by atoms with Crippen molar-refractivity contribution >= 4 is 23.7 Å². The lowest BCUT2D eigenvalue weighted by molar-refractivity contribution is -0.104. The molecule has 60 valence electrons. The first kappa shape index (κ1) is 7.43. The molecule has 0 aliphatic heterocycles. The predicted octanol–water partition coefficient (Wildman–Crippen LogP) is 1.84. The molecule has 1 aliphatic rings. The summed E-state index contributed by atoms with van der Waals surface area (Å²) in [4.78, 5) is 15.8. The Balaban J connectivity index is 2.50. The number of allylic oxidation sites excluding steroid dienone is 3. The van der Waals surface area contributed by atoms with Crippen molar-refractivity contribution in [1.82, 2.24) is 4.98 Å². The van der Waals surface area contributed by atoms with E-state index in [1.165, 1.54) is 0 Å². The second-order valence-electron chi connectivity index (χ2n) is 2.53. The van der Waals surface area contributed by atoms with Crippen molar-refractivity contribution in [1.29, 1.82) is 0 Å². The van der Waals surface area contributed by atoms with E-state index in [2.05, 4.69) is 4.98 Å². The van der Waals surface area contributed by atoms with Gasteiger partial charge in [-0.15, -0.1) is 11.3 Å². The third-order valence-electron chi connectivity index (χ3n) is 1.73. The van der Waals surface area contributed by atoms with Crippen LogP contribution in [-0.2, 0) is 11.2 Å². The molecule has 0 bridgehead atoms. The molecule has 12 heavy (non-hydrogen) atoms. The van der Waals surface area contributed by atoms with Crippen LogP contribution in [0.25, 0.3) is 6.08 Å². The number of carbonyl (C=O) groups is 1. The van der Waals surface area contributed by atoms with Gasteiger partial charge in [0.2, 0.25) is 0 Å². The minimum atomic E-state index is 0.720. The summed E-state index contributed by atoms with van der Waals surface area (Å²) in [6, 6.07) is 0. The third kappa shape index (κ3) is 1.23. The van der Waals surface area contributed by atoms with Crippen LogP contribution in [0.3, 0.4) is 0 Å². The number of carbonyl (C=O) groups excluding carboxylic acids is 1. The summed E-state index contributed by atoms with van der Waals surface area (Å²) in [7, 11) is 0. The normalized spacial score (nSPS) is 14.8. The van der Waals surface area contributed by atoms with Crippen molar-refractivity contribution in [3.05, 3.63) is 33.8 Å². The van der Waals surface area contributed by atoms with E-state index in [-0.39, 0.29) is 0 Å². The van der Waals surface area contributed by atoms with E-state index in [9.17, 15) is 4.79 Å². The fourth-order valence-corrected chi connectivity index (χ4v) is 1.90. The van der Waals surface area contributed by atoms with Gasteiger partial charge < -0.3 is 0 Å². The molecule has 0 saturated carbocycles. The Bertz CT molecular complexity index is 362. The fraction of sp³-hybridized carbons (Fsp3) is 0.111. The molecule has 0 spiro atoms. The molecular weight excluding hydrogens is 170 g/mol. The number of aldehydes is 1. The van der Waals surface area contributed by atoms with Gasteiger partial charge >= 0.3 is 0 Å². The zero-order valence-corrected chi connectivity index (χ0v) is 7.17. The van der Waals surface area contributed by atoms with Gasteiger partial charge in [-0.25, -0.2) is 4.98 Å². The maximum absolute atomic E-state index is 10.5. The van der Waals surface area contributed by atoms with E-state index in [0.29, 0.717) is 0 Å².